The predicted octanol–water partition coefficient (Wildman–Crippen LogP) is 7.32. The van der Waals surface area contributed by atoms with Crippen molar-refractivity contribution in [1.29, 1.82) is 0 Å². The standard InChI is InChI=1S/C31H37BrIN3O2/c1-3-33(30(38)31(16-9-10-17-31)24-12-5-4-6-13-24)18-11-19-35-25-20-28(26-14-7-8-15-29(26)37)36-23(2)27(32)22-34-21-25/h4-8,12-15,20,22,35,37H,3,9-11,16-19,21H2,1-2H3/b25-20+,27-23-,34-22?,36-28-. The van der Waals surface area contributed by atoms with Crippen molar-refractivity contribution in [3.63, 3.8) is 0 Å². The van der Waals surface area contributed by atoms with E-state index in [1.165, 1.54) is 5.56 Å². The van der Waals surface area contributed by atoms with Crippen LogP contribution in [0.15, 0.2) is 86.5 Å². The monoisotopic (exact) mass is 689 g/mol. The molecule has 0 unspecified atom stereocenters. The Morgan fingerprint density at radius 2 is 1.82 bits per heavy atom. The molecule has 0 bridgehead atoms. The molecule has 38 heavy (non-hydrogen) atoms. The molecule has 7 heteroatoms. The first-order valence-electron chi connectivity index (χ1n) is 13.3. The zero-order valence-corrected chi connectivity index (χ0v) is 26.0. The van der Waals surface area contributed by atoms with E-state index in [-0.39, 0.29) is 11.2 Å². The topological polar surface area (TPSA) is 74.0 Å². The van der Waals surface area contributed by atoms with E-state index in [1.54, 1.807) is 12.3 Å². The number of phenols is 1. The molecular weight excluding hydrogens is 653 g/mol. The summed E-state index contributed by atoms with van der Waals surface area (Å²) in [7, 11) is 0. The van der Waals surface area contributed by atoms with E-state index in [4.69, 9.17) is 4.99 Å². The van der Waals surface area contributed by atoms with Gasteiger partial charge >= 0.3 is 243 Å². The Morgan fingerprint density at radius 1 is 1.11 bits per heavy atom. The van der Waals surface area contributed by atoms with E-state index in [1.807, 2.05) is 37.3 Å². The second-order valence-corrected chi connectivity index (χ2v) is 16.8. The number of alkyl halides is 2. The van der Waals surface area contributed by atoms with Crippen molar-refractivity contribution in [2.45, 2.75) is 51.4 Å². The van der Waals surface area contributed by atoms with Gasteiger partial charge in [-0.2, -0.15) is 0 Å². The molecule has 0 saturated heterocycles. The van der Waals surface area contributed by atoms with Crippen molar-refractivity contribution in [2.75, 3.05) is 21.9 Å². The molecule has 1 aliphatic carbocycles. The van der Waals surface area contributed by atoms with Gasteiger partial charge in [0.05, 0.1) is 0 Å². The summed E-state index contributed by atoms with van der Waals surface area (Å²) in [5, 5.41) is 14.0. The summed E-state index contributed by atoms with van der Waals surface area (Å²) in [6.07, 6.45) is 9.03. The molecule has 0 aromatic heterocycles. The van der Waals surface area contributed by atoms with Gasteiger partial charge in [0.2, 0.25) is 0 Å². The minimum absolute atomic E-state index is 0.196. The number of carbonyl (C=O) groups excluding carboxylic acids is 1. The number of carbonyl (C=O) groups is 1. The van der Waals surface area contributed by atoms with E-state index in [0.717, 1.165) is 63.4 Å². The fraction of sp³-hybridized carbons (Fsp3) is 0.387. The van der Waals surface area contributed by atoms with Gasteiger partial charge < -0.3 is 0 Å². The first-order chi connectivity index (χ1) is 18.4. The van der Waals surface area contributed by atoms with Crippen LogP contribution in [0.2, 0.25) is 0 Å². The van der Waals surface area contributed by atoms with Gasteiger partial charge in [-0.1, -0.05) is 0 Å². The van der Waals surface area contributed by atoms with Gasteiger partial charge in [-0.25, -0.2) is 0 Å². The van der Waals surface area contributed by atoms with Crippen LogP contribution in [0.5, 0.6) is 5.75 Å². The number of phenolic OH excluding ortho intramolecular Hbond substituents is 1. The molecule has 1 aliphatic heterocycles. The maximum absolute atomic E-state index is 14.0. The zero-order chi connectivity index (χ0) is 27.0. The third-order valence-corrected chi connectivity index (χ3v) is 14.3. The molecule has 2 aliphatic rings. The normalized spacial score (nSPS) is 22.3. The second kappa shape index (κ2) is 13.7. The molecule has 202 valence electrons. The Balaban J connectivity index is 1.44. The van der Waals surface area contributed by atoms with Gasteiger partial charge in [0, 0.05) is 0 Å². The van der Waals surface area contributed by atoms with E-state index >= 15 is 0 Å². The Hall–Kier alpha value is -2.26. The van der Waals surface area contributed by atoms with Crippen LogP contribution in [-0.2, 0) is 10.2 Å². The van der Waals surface area contributed by atoms with Gasteiger partial charge in [0.15, 0.2) is 0 Å². The van der Waals surface area contributed by atoms with Crippen molar-refractivity contribution in [1.82, 2.24) is 5.32 Å². The van der Waals surface area contributed by atoms with Crippen LogP contribution < -0.4 is 5.32 Å². The first kappa shape index (κ1) is 28.7. The Labute approximate surface area is 242 Å². The van der Waals surface area contributed by atoms with Gasteiger partial charge in [0.1, 0.15) is 0 Å². The number of aromatic hydroxyl groups is 1. The Kier molecular flexibility index (Phi) is 10.4. The number of nitrogens with zero attached hydrogens (tertiary/aromatic N) is 2. The molecule has 0 radical (unpaired) electrons. The van der Waals surface area contributed by atoms with Crippen molar-refractivity contribution < 1.29 is 9.90 Å². The first-order valence-corrected chi connectivity index (χ1v) is 18.3. The molecule has 2 N–H and O–H groups in total. The van der Waals surface area contributed by atoms with Crippen LogP contribution >= 0.6 is 35.7 Å². The van der Waals surface area contributed by atoms with Gasteiger partial charge in [-0.3, -0.25) is 0 Å². The number of halogens is 2. The molecule has 2 aromatic rings. The summed E-state index contributed by atoms with van der Waals surface area (Å²) >= 11 is 1.77. The van der Waals surface area contributed by atoms with Crippen molar-refractivity contribution in [3.8, 4) is 5.75 Å². The number of aliphatic imine (C=N–C) groups is 2. The molecule has 0 amide bonds. The summed E-state index contributed by atoms with van der Waals surface area (Å²) in [6.45, 7) is 5.40. The van der Waals surface area contributed by atoms with E-state index < -0.39 is 19.8 Å². The molecule has 2 aromatic carbocycles. The maximum atomic E-state index is 14.0. The van der Waals surface area contributed by atoms with Crippen LogP contribution in [0.4, 0.5) is 0 Å². The van der Waals surface area contributed by atoms with Crippen LogP contribution in [0.3, 0.4) is 0 Å². The average molecular weight is 690 g/mol. The van der Waals surface area contributed by atoms with Crippen LogP contribution in [-0.4, -0.2) is 42.8 Å². The molecule has 4 rings (SSSR count). The number of nitrogens with one attached hydrogen (secondary N) is 1. The molecule has 1 fully saturated rings. The molecule has 5 nitrogen and oxygen atoms in total. The molecule has 0 atom stereocenters. The summed E-state index contributed by atoms with van der Waals surface area (Å²) in [5.74, 6) is 0.196. The number of allylic oxidation sites excluding steroid dienone is 3. The van der Waals surface area contributed by atoms with Crippen LogP contribution in [0, 0.1) is 0 Å². The predicted molar refractivity (Wildman–Crippen MR) is 171 cm³/mol. The molecule has 1 heterocycles. The summed E-state index contributed by atoms with van der Waals surface area (Å²) in [4.78, 5) is 23.3. The number of hydrogen-bond acceptors (Lipinski definition) is 5. The van der Waals surface area contributed by atoms with Gasteiger partial charge in [0.25, 0.3) is 0 Å². The summed E-state index contributed by atoms with van der Waals surface area (Å²) < 4.78 is 3.44. The molecular formula is C31H37BrIN3O2. The van der Waals surface area contributed by atoms with Crippen LogP contribution in [0.25, 0.3) is 0 Å². The third kappa shape index (κ3) is 6.84. The molecule has 1 saturated carbocycles. The summed E-state index contributed by atoms with van der Waals surface area (Å²) in [5.41, 5.74) is 4.09. The number of hydrogen-bond donors (Lipinski definition) is 2. The van der Waals surface area contributed by atoms with Crippen molar-refractivity contribution in [2.24, 2.45) is 9.98 Å². The van der Waals surface area contributed by atoms with Gasteiger partial charge in [-0.15, -0.1) is 0 Å². The number of para-hydroxylation sites is 1. The fourth-order valence-corrected chi connectivity index (χ4v) is 10.9. The second-order valence-electron chi connectivity index (χ2n) is 9.71. The third-order valence-electron chi connectivity index (χ3n) is 7.21. The zero-order valence-electron chi connectivity index (χ0n) is 22.2. The van der Waals surface area contributed by atoms with Gasteiger partial charge in [-0.05, 0) is 0 Å². The van der Waals surface area contributed by atoms with Crippen LogP contribution in [0.1, 0.15) is 57.1 Å². The summed E-state index contributed by atoms with van der Waals surface area (Å²) in [6, 6.07) is 17.8. The Bertz CT molecular complexity index is 1250. The average Bonchev–Trinajstić information content (AvgIpc) is 3.45. The van der Waals surface area contributed by atoms with Crippen molar-refractivity contribution in [3.05, 3.63) is 87.7 Å². The number of rotatable bonds is 10. The van der Waals surface area contributed by atoms with E-state index in [9.17, 15) is 9.90 Å². The fourth-order valence-electron chi connectivity index (χ4n) is 5.14. The Morgan fingerprint density at radius 3 is 2.53 bits per heavy atom. The van der Waals surface area contributed by atoms with Crippen molar-refractivity contribution >= 4 is 51.5 Å². The minimum atomic E-state index is -1.79. The molecule has 0 spiro atoms. The van der Waals surface area contributed by atoms with E-state index in [2.05, 4.69) is 57.4 Å². The number of benzene rings is 2. The SMILES string of the molecule is CCI(CCCN/C1=C/C(c2ccccc2O)=N/C(C)=C(\Br)C=NC1)C(=O)C1(c2ccccc2)CCCC1. The quantitative estimate of drug-likeness (QED) is 0.119. The van der Waals surface area contributed by atoms with E-state index in [0.29, 0.717) is 21.6 Å².